The van der Waals surface area contributed by atoms with Crippen LogP contribution in [-0.4, -0.2) is 10.8 Å². The molecule has 0 saturated heterocycles. The topological polar surface area (TPSA) is 53.8 Å². The Labute approximate surface area is 92.8 Å². The number of fused-ring (bicyclic) bond motifs is 1. The predicted molar refractivity (Wildman–Crippen MR) is 58.0 cm³/mol. The number of Topliss-reactive ketones (excluding diaryl/α,β-unsaturated/α-hetero) is 1. The predicted octanol–water partition coefficient (Wildman–Crippen LogP) is 2.46. The third-order valence-corrected chi connectivity index (χ3v) is 4.04. The van der Waals surface area contributed by atoms with Crippen LogP contribution in [0.3, 0.4) is 0 Å². The number of carbonyl (C=O) groups excluding carboxylic acids is 1. The summed E-state index contributed by atoms with van der Waals surface area (Å²) in [6.07, 6.45) is 2.39. The summed E-state index contributed by atoms with van der Waals surface area (Å²) in [7, 11) is 0. The molecule has 1 heterocycles. The highest BCUT2D eigenvalue weighted by atomic mass is 32.1. The first-order chi connectivity index (χ1) is 7.04. The quantitative estimate of drug-likeness (QED) is 0.730. The van der Waals surface area contributed by atoms with Crippen LogP contribution in [0, 0.1) is 11.3 Å². The average molecular weight is 220 g/mol. The molecule has 3 nitrogen and oxygen atoms in total. The van der Waals surface area contributed by atoms with E-state index in [-0.39, 0.29) is 5.78 Å². The van der Waals surface area contributed by atoms with Gasteiger partial charge in [-0.1, -0.05) is 0 Å². The Kier molecular flexibility index (Phi) is 2.35. The van der Waals surface area contributed by atoms with Crippen molar-refractivity contribution in [1.82, 2.24) is 4.98 Å². The van der Waals surface area contributed by atoms with Crippen LogP contribution in [0.1, 0.15) is 47.1 Å². The van der Waals surface area contributed by atoms with Gasteiger partial charge in [0.05, 0.1) is 16.6 Å². The molecule has 0 aliphatic heterocycles. The fourth-order valence-electron chi connectivity index (χ4n) is 1.58. The molecule has 4 heteroatoms. The zero-order valence-electron chi connectivity index (χ0n) is 8.83. The van der Waals surface area contributed by atoms with E-state index in [4.69, 9.17) is 5.26 Å². The van der Waals surface area contributed by atoms with Gasteiger partial charge >= 0.3 is 0 Å². The summed E-state index contributed by atoms with van der Waals surface area (Å²) in [5, 5.41) is 9.78. The summed E-state index contributed by atoms with van der Waals surface area (Å²) in [6.45, 7) is 3.67. The lowest BCUT2D eigenvalue weighted by Gasteiger charge is -2.09. The highest BCUT2D eigenvalue weighted by Gasteiger charge is 2.29. The van der Waals surface area contributed by atoms with Gasteiger partial charge in [0.2, 0.25) is 0 Å². The Morgan fingerprint density at radius 3 is 2.80 bits per heavy atom. The monoisotopic (exact) mass is 220 g/mol. The zero-order valence-corrected chi connectivity index (χ0v) is 9.65. The van der Waals surface area contributed by atoms with Crippen molar-refractivity contribution in [2.75, 3.05) is 0 Å². The molecule has 1 aromatic rings. The van der Waals surface area contributed by atoms with Crippen molar-refractivity contribution >= 4 is 17.1 Å². The number of hydrogen-bond donors (Lipinski definition) is 0. The smallest absolute Gasteiger partial charge is 0.174 e. The van der Waals surface area contributed by atoms with Gasteiger partial charge in [0.15, 0.2) is 5.78 Å². The molecule has 0 spiro atoms. The van der Waals surface area contributed by atoms with Crippen molar-refractivity contribution < 1.29 is 4.79 Å². The molecule has 0 fully saturated rings. The third kappa shape index (κ3) is 1.68. The van der Waals surface area contributed by atoms with Gasteiger partial charge in [0.1, 0.15) is 10.4 Å². The largest absolute Gasteiger partial charge is 0.293 e. The zero-order chi connectivity index (χ0) is 11.1. The molecule has 0 radical (unpaired) electrons. The standard InChI is InChI=1S/C11H12N2OS/c1-11(2,6-12)10-13-7-4-3-5-8(14)9(7)15-10/h3-5H2,1-2H3. The minimum absolute atomic E-state index is 0.189. The van der Waals surface area contributed by atoms with Crippen molar-refractivity contribution in [3.63, 3.8) is 0 Å². The Bertz CT molecular complexity index is 454. The average Bonchev–Trinajstić information content (AvgIpc) is 2.64. The van der Waals surface area contributed by atoms with Crippen LogP contribution in [0.4, 0.5) is 0 Å². The van der Waals surface area contributed by atoms with E-state index in [9.17, 15) is 4.79 Å². The number of thiazole rings is 1. The summed E-state index contributed by atoms with van der Waals surface area (Å²) in [5.41, 5.74) is 0.317. The molecule has 78 valence electrons. The lowest BCUT2D eigenvalue weighted by molar-refractivity contribution is 0.0976. The number of rotatable bonds is 1. The molecule has 0 saturated carbocycles. The number of nitriles is 1. The summed E-state index contributed by atoms with van der Waals surface area (Å²) >= 11 is 1.39. The van der Waals surface area contributed by atoms with Gasteiger partial charge in [0, 0.05) is 6.42 Å². The molecule has 1 aliphatic carbocycles. The lowest BCUT2D eigenvalue weighted by atomic mass is 9.97. The first kappa shape index (κ1) is 10.3. The minimum atomic E-state index is -0.581. The molecule has 2 rings (SSSR count). The van der Waals surface area contributed by atoms with E-state index < -0.39 is 5.41 Å². The molecule has 1 aliphatic rings. The van der Waals surface area contributed by atoms with Crippen molar-refractivity contribution in [1.29, 1.82) is 5.26 Å². The van der Waals surface area contributed by atoms with Gasteiger partial charge in [-0.25, -0.2) is 4.98 Å². The van der Waals surface area contributed by atoms with Gasteiger partial charge in [-0.15, -0.1) is 11.3 Å². The first-order valence-corrected chi connectivity index (χ1v) is 5.81. The van der Waals surface area contributed by atoms with Crippen molar-refractivity contribution in [3.05, 3.63) is 15.6 Å². The number of nitrogens with zero attached hydrogens (tertiary/aromatic N) is 2. The van der Waals surface area contributed by atoms with Gasteiger partial charge in [-0.3, -0.25) is 4.79 Å². The van der Waals surface area contributed by atoms with E-state index in [0.717, 1.165) is 28.4 Å². The van der Waals surface area contributed by atoms with Crippen LogP contribution in [0.5, 0.6) is 0 Å². The van der Waals surface area contributed by atoms with Crippen LogP contribution in [-0.2, 0) is 11.8 Å². The number of aryl methyl sites for hydroxylation is 1. The van der Waals surface area contributed by atoms with E-state index in [0.29, 0.717) is 6.42 Å². The lowest BCUT2D eigenvalue weighted by Crippen LogP contribution is -2.13. The summed E-state index contributed by atoms with van der Waals surface area (Å²) in [4.78, 5) is 16.8. The first-order valence-electron chi connectivity index (χ1n) is 4.99. The minimum Gasteiger partial charge on any atom is -0.293 e. The Hall–Kier alpha value is -1.21. The second-order valence-electron chi connectivity index (χ2n) is 4.31. The summed E-state index contributed by atoms with van der Waals surface area (Å²) < 4.78 is 0. The summed E-state index contributed by atoms with van der Waals surface area (Å²) in [6, 6.07) is 2.22. The molecule has 0 N–H and O–H groups in total. The third-order valence-electron chi connectivity index (χ3n) is 2.58. The van der Waals surface area contributed by atoms with Crippen LogP contribution < -0.4 is 0 Å². The maximum Gasteiger partial charge on any atom is 0.174 e. The number of hydrogen-bond acceptors (Lipinski definition) is 4. The van der Waals surface area contributed by atoms with E-state index in [2.05, 4.69) is 11.1 Å². The van der Waals surface area contributed by atoms with Crippen LogP contribution >= 0.6 is 11.3 Å². The molecule has 0 amide bonds. The van der Waals surface area contributed by atoms with Crippen molar-refractivity contribution in [2.45, 2.75) is 38.5 Å². The number of carbonyl (C=O) groups is 1. The SMILES string of the molecule is CC(C)(C#N)c1nc2c(s1)C(=O)CCC2. The second-order valence-corrected chi connectivity index (χ2v) is 5.31. The molecule has 0 aromatic carbocycles. The fourth-order valence-corrected chi connectivity index (χ4v) is 2.72. The second kappa shape index (κ2) is 3.42. The molecular weight excluding hydrogens is 208 g/mol. The van der Waals surface area contributed by atoms with E-state index in [1.165, 1.54) is 11.3 Å². The Morgan fingerprint density at radius 1 is 1.47 bits per heavy atom. The summed E-state index contributed by atoms with van der Waals surface area (Å²) in [5.74, 6) is 0.189. The Balaban J connectivity index is 2.47. The normalized spacial score (nSPS) is 15.9. The van der Waals surface area contributed by atoms with Gasteiger partial charge < -0.3 is 0 Å². The van der Waals surface area contributed by atoms with Crippen LogP contribution in [0.25, 0.3) is 0 Å². The highest BCUT2D eigenvalue weighted by Crippen LogP contribution is 2.33. The van der Waals surface area contributed by atoms with Gasteiger partial charge in [0.25, 0.3) is 0 Å². The maximum absolute atomic E-state index is 11.6. The van der Waals surface area contributed by atoms with Crippen LogP contribution in [0.15, 0.2) is 0 Å². The molecule has 15 heavy (non-hydrogen) atoms. The van der Waals surface area contributed by atoms with Gasteiger partial charge in [-0.2, -0.15) is 5.26 Å². The molecular formula is C11H12N2OS. The van der Waals surface area contributed by atoms with E-state index >= 15 is 0 Å². The van der Waals surface area contributed by atoms with Crippen molar-refractivity contribution in [2.24, 2.45) is 0 Å². The molecule has 0 bridgehead atoms. The van der Waals surface area contributed by atoms with Crippen LogP contribution in [0.2, 0.25) is 0 Å². The molecule has 1 aromatic heterocycles. The number of ketones is 1. The van der Waals surface area contributed by atoms with Crippen molar-refractivity contribution in [3.8, 4) is 6.07 Å². The van der Waals surface area contributed by atoms with Gasteiger partial charge in [-0.05, 0) is 26.7 Å². The fraction of sp³-hybridized carbons (Fsp3) is 0.545. The molecule has 0 atom stereocenters. The van der Waals surface area contributed by atoms with E-state index in [1.807, 2.05) is 13.8 Å². The molecule has 0 unspecified atom stereocenters. The Morgan fingerprint density at radius 2 is 2.20 bits per heavy atom. The van der Waals surface area contributed by atoms with E-state index in [1.54, 1.807) is 0 Å². The highest BCUT2D eigenvalue weighted by molar-refractivity contribution is 7.14. The maximum atomic E-state index is 11.6. The number of aromatic nitrogens is 1.